The Labute approximate surface area is 610 Å². The van der Waals surface area contributed by atoms with Crippen LogP contribution in [0.1, 0.15) is 335 Å². The van der Waals surface area contributed by atoms with Gasteiger partial charge in [-0.05, 0) is 122 Å². The van der Waals surface area contributed by atoms with Crippen LogP contribution in [0.2, 0.25) is 0 Å². The second-order valence-corrected chi connectivity index (χ2v) is 28.0. The molecule has 0 spiro atoms. The first-order chi connectivity index (χ1) is 48.6. The molecule has 0 aromatic rings. The molecule has 0 saturated heterocycles. The Balaban J connectivity index is 4.06. The summed E-state index contributed by atoms with van der Waals surface area (Å²) in [6.45, 7) is 4.66. The van der Waals surface area contributed by atoms with E-state index in [1.807, 2.05) is 21.1 Å². The molecule has 9 heteroatoms. The summed E-state index contributed by atoms with van der Waals surface area (Å²) in [7, 11) is 5.98. The fourth-order valence-corrected chi connectivity index (χ4v) is 11.2. The van der Waals surface area contributed by atoms with Crippen LogP contribution in [0.3, 0.4) is 0 Å². The number of nitrogens with zero attached hydrogens (tertiary/aromatic N) is 1. The van der Waals surface area contributed by atoms with Gasteiger partial charge in [-0.2, -0.15) is 0 Å². The summed E-state index contributed by atoms with van der Waals surface area (Å²) in [6, 6.07) is 0. The molecule has 0 fully saturated rings. The molecule has 0 heterocycles. The number of carboxylic acids is 1. The second kappa shape index (κ2) is 78.6. The number of unbranched alkanes of at least 4 members (excludes halogenated alkanes) is 33. The number of carboxylic acid groups (broad SMARTS) is 1. The van der Waals surface area contributed by atoms with Gasteiger partial charge in [0.25, 0.3) is 6.29 Å². The number of aliphatic carboxylic acids is 1. The SMILES string of the molecule is CC/C=C\C/C=C\C/C=C\C/C=C\C/C=C\C/C=C\C/C=C\C/C=C\C/C=C\CCCCCCCCCCCC(=O)OC(COC(=O)CCCCCCCCCCCCCCCCCCCCCCCCCC/C=C\C/C=C\C/C=C\C/C=C\CC)COC(OCC[N+](C)(C)C)C(=O)O. The highest BCUT2D eigenvalue weighted by Crippen LogP contribution is 2.18. The third-order valence-corrected chi connectivity index (χ3v) is 17.3. The van der Waals surface area contributed by atoms with Crippen molar-refractivity contribution in [2.45, 2.75) is 347 Å². The predicted molar refractivity (Wildman–Crippen MR) is 428 cm³/mol. The van der Waals surface area contributed by atoms with E-state index in [0.717, 1.165) is 128 Å². The minimum absolute atomic E-state index is 0.181. The number of esters is 2. The Morgan fingerprint density at radius 3 is 0.808 bits per heavy atom. The van der Waals surface area contributed by atoms with Crippen molar-refractivity contribution in [2.24, 2.45) is 0 Å². The summed E-state index contributed by atoms with van der Waals surface area (Å²) in [5, 5.41) is 9.78. The zero-order valence-corrected chi connectivity index (χ0v) is 64.6. The molecule has 0 rings (SSSR count). The van der Waals surface area contributed by atoms with Crippen LogP contribution >= 0.6 is 0 Å². The van der Waals surface area contributed by atoms with Gasteiger partial charge in [0.2, 0.25) is 0 Å². The quantitative estimate of drug-likeness (QED) is 0.0211. The summed E-state index contributed by atoms with van der Waals surface area (Å²) in [5.41, 5.74) is 0. The van der Waals surface area contributed by atoms with Crippen LogP contribution in [-0.2, 0) is 33.3 Å². The molecule has 0 aromatic carbocycles. The lowest BCUT2D eigenvalue weighted by Crippen LogP contribution is -2.40. The summed E-state index contributed by atoms with van der Waals surface area (Å²) >= 11 is 0. The number of quaternary nitrogens is 1. The molecule has 2 unspecified atom stereocenters. The summed E-state index contributed by atoms with van der Waals surface area (Å²) in [5.74, 6) is -2.01. The second-order valence-electron chi connectivity index (χ2n) is 28.0. The van der Waals surface area contributed by atoms with Crippen LogP contribution in [0.15, 0.2) is 158 Å². The molecule has 2 atom stereocenters. The summed E-state index contributed by atoms with van der Waals surface area (Å²) < 4.78 is 23.0. The van der Waals surface area contributed by atoms with E-state index < -0.39 is 24.3 Å². The Bertz CT molecular complexity index is 2200. The molecular weight excluding hydrogens is 1220 g/mol. The highest BCUT2D eigenvalue weighted by atomic mass is 16.7. The minimum Gasteiger partial charge on any atom is -0.477 e. The highest BCUT2D eigenvalue weighted by molar-refractivity contribution is 5.71. The van der Waals surface area contributed by atoms with Crippen LogP contribution in [0.25, 0.3) is 0 Å². The number of hydrogen-bond acceptors (Lipinski definition) is 7. The van der Waals surface area contributed by atoms with Crippen molar-refractivity contribution < 1.29 is 42.9 Å². The molecule has 1 N–H and O–H groups in total. The van der Waals surface area contributed by atoms with Gasteiger partial charge in [0.05, 0.1) is 34.4 Å². The van der Waals surface area contributed by atoms with Crippen molar-refractivity contribution in [2.75, 3.05) is 47.5 Å². The van der Waals surface area contributed by atoms with Crippen molar-refractivity contribution in [1.82, 2.24) is 0 Å². The lowest BCUT2D eigenvalue weighted by atomic mass is 10.0. The number of carbonyl (C=O) groups excluding carboxylic acids is 2. The van der Waals surface area contributed by atoms with Gasteiger partial charge in [-0.1, -0.05) is 358 Å². The number of likely N-dealkylation sites (N-methyl/N-ethyl adjacent to an activating group) is 1. The van der Waals surface area contributed by atoms with Crippen molar-refractivity contribution in [3.8, 4) is 0 Å². The lowest BCUT2D eigenvalue weighted by molar-refractivity contribution is -0.870. The molecular formula is C90H152NO8+. The molecule has 0 aromatic heterocycles. The number of carbonyl (C=O) groups is 3. The Morgan fingerprint density at radius 1 is 0.303 bits per heavy atom. The van der Waals surface area contributed by atoms with E-state index in [1.54, 1.807) is 0 Å². The molecule has 0 aliphatic carbocycles. The maximum Gasteiger partial charge on any atom is 0.361 e. The molecule has 0 aliphatic rings. The fourth-order valence-electron chi connectivity index (χ4n) is 11.2. The van der Waals surface area contributed by atoms with Gasteiger partial charge in [-0.3, -0.25) is 9.59 Å². The van der Waals surface area contributed by atoms with Gasteiger partial charge in [0, 0.05) is 12.8 Å². The topological polar surface area (TPSA) is 108 Å². The third kappa shape index (κ3) is 80.1. The molecule has 564 valence electrons. The number of ether oxygens (including phenoxy) is 4. The van der Waals surface area contributed by atoms with Crippen LogP contribution in [0.4, 0.5) is 0 Å². The maximum absolute atomic E-state index is 13.0. The zero-order chi connectivity index (χ0) is 71.8. The van der Waals surface area contributed by atoms with Gasteiger partial charge in [0.15, 0.2) is 6.10 Å². The Kier molecular flexibility index (Phi) is 74.6. The molecule has 0 saturated carbocycles. The Hall–Kier alpha value is -5.09. The monoisotopic (exact) mass is 1380 g/mol. The molecule has 0 amide bonds. The first-order valence-corrected chi connectivity index (χ1v) is 40.6. The molecule has 9 nitrogen and oxygen atoms in total. The number of allylic oxidation sites excluding steroid dienone is 26. The lowest BCUT2D eigenvalue weighted by Gasteiger charge is -2.25. The minimum atomic E-state index is -1.52. The number of hydrogen-bond donors (Lipinski definition) is 1. The van der Waals surface area contributed by atoms with Crippen molar-refractivity contribution >= 4 is 17.9 Å². The van der Waals surface area contributed by atoms with E-state index >= 15 is 0 Å². The first kappa shape index (κ1) is 93.9. The molecule has 0 bridgehead atoms. The van der Waals surface area contributed by atoms with Gasteiger partial charge in [-0.25, -0.2) is 4.79 Å². The first-order valence-electron chi connectivity index (χ1n) is 40.6. The van der Waals surface area contributed by atoms with E-state index in [1.165, 1.54) is 173 Å². The Morgan fingerprint density at radius 2 is 0.545 bits per heavy atom. The van der Waals surface area contributed by atoms with Gasteiger partial charge in [-0.15, -0.1) is 0 Å². The van der Waals surface area contributed by atoms with E-state index in [9.17, 15) is 19.5 Å². The summed E-state index contributed by atoms with van der Waals surface area (Å²) in [4.78, 5) is 37.8. The fraction of sp³-hybridized carbons (Fsp3) is 0.678. The van der Waals surface area contributed by atoms with Crippen LogP contribution in [0.5, 0.6) is 0 Å². The standard InChI is InChI=1S/C90H151NO8/c1-6-8-10-12-14-16-18-20-22-24-26-28-30-32-34-36-38-40-42-44-46-48-50-52-54-56-58-60-62-64-66-68-70-72-74-76-78-80-87(92)97-84-86(85-98-90(89(94)95)96-83-82-91(3,4)5)99-88(93)81-79-77-75-73-71-69-67-65-63-61-59-57-55-53-51-49-47-45-43-41-39-37-35-33-31-29-27-25-23-21-19-17-15-13-11-9-7-2/h8-11,14-17,20-23,26-29,33,35,39,41,45,47,51,53,57,59,86,90H,6-7,12-13,18-19,24-25,30-32,34,36-38,40,42-44,46,48-50,52,54-56,58,60-85H2,1-5H3/p+1/b10-8-,11-9-,16-14-,17-15-,22-20-,23-21-,28-26-,29-27-,35-33-,41-39-,47-45-,53-51-,59-57-. The van der Waals surface area contributed by atoms with Crippen molar-refractivity contribution in [3.05, 3.63) is 158 Å². The highest BCUT2D eigenvalue weighted by Gasteiger charge is 2.25. The van der Waals surface area contributed by atoms with E-state index in [0.29, 0.717) is 23.9 Å². The van der Waals surface area contributed by atoms with Crippen LogP contribution < -0.4 is 0 Å². The van der Waals surface area contributed by atoms with Crippen LogP contribution in [0, 0.1) is 0 Å². The van der Waals surface area contributed by atoms with E-state index in [2.05, 4.69) is 172 Å². The largest absolute Gasteiger partial charge is 0.477 e. The van der Waals surface area contributed by atoms with Crippen molar-refractivity contribution in [1.29, 1.82) is 0 Å². The average Bonchev–Trinajstić information content (AvgIpc) is 2.19. The molecule has 0 radical (unpaired) electrons. The zero-order valence-electron chi connectivity index (χ0n) is 64.6. The smallest absolute Gasteiger partial charge is 0.361 e. The van der Waals surface area contributed by atoms with E-state index in [4.69, 9.17) is 18.9 Å². The maximum atomic E-state index is 13.0. The van der Waals surface area contributed by atoms with Gasteiger partial charge < -0.3 is 28.5 Å². The van der Waals surface area contributed by atoms with E-state index in [-0.39, 0.29) is 32.2 Å². The van der Waals surface area contributed by atoms with Gasteiger partial charge >= 0.3 is 17.9 Å². The third-order valence-electron chi connectivity index (χ3n) is 17.3. The predicted octanol–water partition coefficient (Wildman–Crippen LogP) is 26.4. The van der Waals surface area contributed by atoms with Crippen molar-refractivity contribution in [3.63, 3.8) is 0 Å². The van der Waals surface area contributed by atoms with Crippen LogP contribution in [-0.4, -0.2) is 87.4 Å². The average molecular weight is 1380 g/mol. The molecule has 99 heavy (non-hydrogen) atoms. The normalized spacial score (nSPS) is 13.5. The van der Waals surface area contributed by atoms with Gasteiger partial charge in [0.1, 0.15) is 13.2 Å². The number of rotatable bonds is 74. The molecule has 0 aliphatic heterocycles. The summed E-state index contributed by atoms with van der Waals surface area (Å²) in [6.07, 6.45) is 114.